The first kappa shape index (κ1) is 14.3. The fourth-order valence-electron chi connectivity index (χ4n) is 1.91. The number of hydrogen-bond acceptors (Lipinski definition) is 3. The molecule has 0 spiro atoms. The minimum atomic E-state index is -4.48. The lowest BCUT2D eigenvalue weighted by Gasteiger charge is -2.36. The smallest absolute Gasteiger partial charge is 0.416 e. The van der Waals surface area contributed by atoms with Gasteiger partial charge in [0.15, 0.2) is 0 Å². The standard InChI is InChI=1S/C12H13F3N2O3/c13-12(14,15)8-1-9(16)3-10(2-8)20-6-7-4-17(5-7)11(18)19/h1-3,7H,4-6,16H2,(H,18,19). The van der Waals surface area contributed by atoms with Gasteiger partial charge in [-0.1, -0.05) is 0 Å². The van der Waals surface area contributed by atoms with Crippen molar-refractivity contribution in [3.05, 3.63) is 23.8 Å². The maximum Gasteiger partial charge on any atom is 0.416 e. The summed E-state index contributed by atoms with van der Waals surface area (Å²) in [5.74, 6) is 0.0213. The first-order chi connectivity index (χ1) is 9.25. The Bertz CT molecular complexity index is 513. The molecule has 0 unspecified atom stereocenters. The lowest BCUT2D eigenvalue weighted by Crippen LogP contribution is -2.51. The van der Waals surface area contributed by atoms with E-state index in [-0.39, 0.29) is 24.0 Å². The second-order valence-corrected chi connectivity index (χ2v) is 4.65. The lowest BCUT2D eigenvalue weighted by molar-refractivity contribution is -0.137. The van der Waals surface area contributed by atoms with Crippen molar-refractivity contribution >= 4 is 11.8 Å². The number of likely N-dealkylation sites (tertiary alicyclic amines) is 1. The van der Waals surface area contributed by atoms with E-state index in [0.717, 1.165) is 12.1 Å². The summed E-state index contributed by atoms with van der Waals surface area (Å²) >= 11 is 0. The van der Waals surface area contributed by atoms with Crippen LogP contribution >= 0.6 is 0 Å². The SMILES string of the molecule is Nc1cc(OCC2CN(C(=O)O)C2)cc(C(F)(F)F)c1. The van der Waals surface area contributed by atoms with Crippen LogP contribution in [0, 0.1) is 5.92 Å². The number of anilines is 1. The van der Waals surface area contributed by atoms with Gasteiger partial charge in [-0.25, -0.2) is 4.79 Å². The van der Waals surface area contributed by atoms with Gasteiger partial charge in [0, 0.05) is 30.8 Å². The van der Waals surface area contributed by atoms with Gasteiger partial charge in [-0.3, -0.25) is 0 Å². The van der Waals surface area contributed by atoms with Gasteiger partial charge >= 0.3 is 12.3 Å². The predicted molar refractivity (Wildman–Crippen MR) is 64.4 cm³/mol. The van der Waals surface area contributed by atoms with Crippen LogP contribution in [0.3, 0.4) is 0 Å². The number of alkyl halides is 3. The molecule has 0 aliphatic carbocycles. The maximum absolute atomic E-state index is 12.6. The third-order valence-electron chi connectivity index (χ3n) is 2.97. The van der Waals surface area contributed by atoms with Gasteiger partial charge < -0.3 is 20.5 Å². The summed E-state index contributed by atoms with van der Waals surface area (Å²) in [6.45, 7) is 0.804. The molecule has 1 aliphatic heterocycles. The van der Waals surface area contributed by atoms with E-state index in [1.807, 2.05) is 0 Å². The Hall–Kier alpha value is -2.12. The normalized spacial score (nSPS) is 15.8. The highest BCUT2D eigenvalue weighted by Crippen LogP contribution is 2.33. The van der Waals surface area contributed by atoms with Gasteiger partial charge in [-0.15, -0.1) is 0 Å². The molecule has 1 saturated heterocycles. The second-order valence-electron chi connectivity index (χ2n) is 4.65. The molecule has 2 rings (SSSR count). The van der Waals surface area contributed by atoms with Crippen LogP contribution in [0.15, 0.2) is 18.2 Å². The molecule has 1 aromatic carbocycles. The van der Waals surface area contributed by atoms with Gasteiger partial charge in [-0.05, 0) is 12.1 Å². The third-order valence-corrected chi connectivity index (χ3v) is 2.97. The molecule has 0 bridgehead atoms. The second kappa shape index (κ2) is 5.10. The largest absolute Gasteiger partial charge is 0.493 e. The average Bonchev–Trinajstić information content (AvgIpc) is 2.24. The highest BCUT2D eigenvalue weighted by Gasteiger charge is 2.32. The monoisotopic (exact) mass is 290 g/mol. The number of nitrogen functional groups attached to an aromatic ring is 1. The summed E-state index contributed by atoms with van der Waals surface area (Å²) in [6, 6.07) is 3.02. The fourth-order valence-corrected chi connectivity index (χ4v) is 1.91. The molecular weight excluding hydrogens is 277 g/mol. The van der Waals surface area contributed by atoms with Crippen LogP contribution in [0.2, 0.25) is 0 Å². The molecule has 1 heterocycles. The number of hydrogen-bond donors (Lipinski definition) is 2. The molecule has 0 atom stereocenters. The number of carbonyl (C=O) groups is 1. The number of nitrogens with zero attached hydrogens (tertiary/aromatic N) is 1. The molecule has 1 aromatic rings. The van der Waals surface area contributed by atoms with E-state index in [1.165, 1.54) is 11.0 Å². The molecule has 20 heavy (non-hydrogen) atoms. The van der Waals surface area contributed by atoms with E-state index in [1.54, 1.807) is 0 Å². The van der Waals surface area contributed by atoms with Crippen molar-refractivity contribution in [3.8, 4) is 5.75 Å². The molecule has 1 amide bonds. The van der Waals surface area contributed by atoms with E-state index in [2.05, 4.69) is 0 Å². The number of nitrogens with two attached hydrogens (primary N) is 1. The van der Waals surface area contributed by atoms with E-state index in [9.17, 15) is 18.0 Å². The summed E-state index contributed by atoms with van der Waals surface area (Å²) in [7, 11) is 0. The molecule has 3 N–H and O–H groups in total. The number of halogens is 3. The van der Waals surface area contributed by atoms with Gasteiger partial charge in [0.1, 0.15) is 5.75 Å². The molecule has 0 aromatic heterocycles. The van der Waals surface area contributed by atoms with Crippen LogP contribution in [0.25, 0.3) is 0 Å². The Kier molecular flexibility index (Phi) is 3.65. The Balaban J connectivity index is 1.94. The highest BCUT2D eigenvalue weighted by atomic mass is 19.4. The Labute approximate surface area is 112 Å². The number of amides is 1. The van der Waals surface area contributed by atoms with Gasteiger partial charge in [0.25, 0.3) is 0 Å². The van der Waals surface area contributed by atoms with Gasteiger partial charge in [0.2, 0.25) is 0 Å². The van der Waals surface area contributed by atoms with Crippen LogP contribution in [-0.2, 0) is 6.18 Å². The summed E-state index contributed by atoms with van der Waals surface area (Å²) in [6.07, 6.45) is -5.49. The Morgan fingerprint density at radius 3 is 2.60 bits per heavy atom. The van der Waals surface area contributed by atoms with E-state index >= 15 is 0 Å². The molecule has 110 valence electrons. The zero-order valence-corrected chi connectivity index (χ0v) is 10.4. The first-order valence-electron chi connectivity index (χ1n) is 5.84. The average molecular weight is 290 g/mol. The molecule has 1 aliphatic rings. The van der Waals surface area contributed by atoms with Crippen molar-refractivity contribution in [3.63, 3.8) is 0 Å². The van der Waals surface area contributed by atoms with E-state index < -0.39 is 17.8 Å². The molecule has 1 fully saturated rings. The molecule has 5 nitrogen and oxygen atoms in total. The maximum atomic E-state index is 12.6. The quantitative estimate of drug-likeness (QED) is 0.837. The number of ether oxygens (including phenoxy) is 1. The van der Waals surface area contributed by atoms with Crippen LogP contribution < -0.4 is 10.5 Å². The van der Waals surface area contributed by atoms with Crippen molar-refractivity contribution in [2.45, 2.75) is 6.18 Å². The zero-order chi connectivity index (χ0) is 14.9. The van der Waals surface area contributed by atoms with Crippen molar-refractivity contribution in [2.24, 2.45) is 5.92 Å². The number of carboxylic acid groups (broad SMARTS) is 1. The number of benzene rings is 1. The van der Waals surface area contributed by atoms with Gasteiger partial charge in [0.05, 0.1) is 12.2 Å². The molecule has 0 radical (unpaired) electrons. The zero-order valence-electron chi connectivity index (χ0n) is 10.4. The molecular formula is C12H13F3N2O3. The molecule has 8 heteroatoms. The molecule has 0 saturated carbocycles. The van der Waals surface area contributed by atoms with Crippen LogP contribution in [0.5, 0.6) is 5.75 Å². The Morgan fingerprint density at radius 1 is 1.40 bits per heavy atom. The minimum Gasteiger partial charge on any atom is -0.493 e. The van der Waals surface area contributed by atoms with Crippen molar-refractivity contribution in [1.29, 1.82) is 0 Å². The lowest BCUT2D eigenvalue weighted by atomic mass is 10.0. The van der Waals surface area contributed by atoms with Crippen LogP contribution in [0.4, 0.5) is 23.7 Å². The highest BCUT2D eigenvalue weighted by molar-refractivity contribution is 5.66. The fraction of sp³-hybridized carbons (Fsp3) is 0.417. The predicted octanol–water partition coefficient (Wildman–Crippen LogP) is 2.28. The number of rotatable bonds is 3. The van der Waals surface area contributed by atoms with Crippen LogP contribution in [-0.4, -0.2) is 35.8 Å². The van der Waals surface area contributed by atoms with E-state index in [4.69, 9.17) is 15.6 Å². The third kappa shape index (κ3) is 3.25. The van der Waals surface area contributed by atoms with Crippen molar-refractivity contribution in [1.82, 2.24) is 4.90 Å². The van der Waals surface area contributed by atoms with Crippen molar-refractivity contribution < 1.29 is 27.8 Å². The first-order valence-corrected chi connectivity index (χ1v) is 5.84. The topological polar surface area (TPSA) is 75.8 Å². The summed E-state index contributed by atoms with van der Waals surface area (Å²) < 4.78 is 43.0. The van der Waals surface area contributed by atoms with Crippen LogP contribution in [0.1, 0.15) is 5.56 Å². The van der Waals surface area contributed by atoms with Crippen molar-refractivity contribution in [2.75, 3.05) is 25.4 Å². The summed E-state index contributed by atoms with van der Waals surface area (Å²) in [5, 5.41) is 8.64. The van der Waals surface area contributed by atoms with Gasteiger partial charge in [-0.2, -0.15) is 13.2 Å². The Morgan fingerprint density at radius 2 is 2.05 bits per heavy atom. The van der Waals surface area contributed by atoms with E-state index in [0.29, 0.717) is 13.1 Å². The minimum absolute atomic E-state index is 0.0122. The summed E-state index contributed by atoms with van der Waals surface area (Å²) in [5.41, 5.74) is 4.51. The summed E-state index contributed by atoms with van der Waals surface area (Å²) in [4.78, 5) is 11.7.